The standard InChI is InChI=1S/C20H29N3O2S.HI/c1-6-21-20(22-14-17-9-7-15(2)26-17)23(3)12-11-16-8-10-18(24-4)19(13-16)25-5;/h7-10,13H,6,11-12,14H2,1-5H3,(H,21,22);1H. The summed E-state index contributed by atoms with van der Waals surface area (Å²) in [7, 11) is 5.39. The third kappa shape index (κ3) is 7.21. The van der Waals surface area contributed by atoms with Gasteiger partial charge in [0.15, 0.2) is 17.5 Å². The molecule has 150 valence electrons. The van der Waals surface area contributed by atoms with Gasteiger partial charge in [0, 0.05) is 29.9 Å². The number of benzene rings is 1. The molecule has 0 aliphatic rings. The summed E-state index contributed by atoms with van der Waals surface area (Å²) in [5, 5.41) is 3.37. The summed E-state index contributed by atoms with van der Waals surface area (Å²) in [6.45, 7) is 6.64. The minimum atomic E-state index is 0. The molecule has 0 atom stereocenters. The normalized spacial score (nSPS) is 10.9. The average Bonchev–Trinajstić information content (AvgIpc) is 3.08. The fourth-order valence-corrected chi connectivity index (χ4v) is 3.45. The number of nitrogens with zero attached hydrogens (tertiary/aromatic N) is 2. The van der Waals surface area contributed by atoms with Crippen LogP contribution in [0.15, 0.2) is 35.3 Å². The Labute approximate surface area is 183 Å². The molecule has 0 amide bonds. The number of methoxy groups -OCH3 is 2. The van der Waals surface area contributed by atoms with Gasteiger partial charge in [-0.2, -0.15) is 0 Å². The number of halogens is 1. The van der Waals surface area contributed by atoms with E-state index >= 15 is 0 Å². The molecule has 2 rings (SSSR count). The zero-order valence-electron chi connectivity index (χ0n) is 16.7. The van der Waals surface area contributed by atoms with Crippen LogP contribution in [0.4, 0.5) is 0 Å². The van der Waals surface area contributed by atoms with Gasteiger partial charge in [0.1, 0.15) is 0 Å². The molecule has 7 heteroatoms. The first-order valence-electron chi connectivity index (χ1n) is 8.83. The van der Waals surface area contributed by atoms with Crippen molar-refractivity contribution in [1.82, 2.24) is 10.2 Å². The lowest BCUT2D eigenvalue weighted by molar-refractivity contribution is 0.354. The second kappa shape index (κ2) is 12.1. The Balaban J connectivity index is 0.00000364. The number of guanidine groups is 1. The van der Waals surface area contributed by atoms with E-state index in [4.69, 9.17) is 14.5 Å². The third-order valence-electron chi connectivity index (χ3n) is 4.06. The topological polar surface area (TPSA) is 46.1 Å². The predicted octanol–water partition coefficient (Wildman–Crippen LogP) is 4.33. The number of thiophene rings is 1. The van der Waals surface area contributed by atoms with Crippen molar-refractivity contribution < 1.29 is 9.47 Å². The molecule has 0 unspecified atom stereocenters. The van der Waals surface area contributed by atoms with E-state index in [1.54, 1.807) is 25.6 Å². The Kier molecular flexibility index (Phi) is 10.5. The predicted molar refractivity (Wildman–Crippen MR) is 125 cm³/mol. The summed E-state index contributed by atoms with van der Waals surface area (Å²) in [6.07, 6.45) is 0.902. The van der Waals surface area contributed by atoms with E-state index in [9.17, 15) is 0 Å². The zero-order chi connectivity index (χ0) is 18.9. The largest absolute Gasteiger partial charge is 0.493 e. The van der Waals surface area contributed by atoms with Crippen LogP contribution >= 0.6 is 35.3 Å². The fourth-order valence-electron chi connectivity index (χ4n) is 2.63. The second-order valence-electron chi connectivity index (χ2n) is 6.04. The van der Waals surface area contributed by atoms with Crippen molar-refractivity contribution >= 4 is 41.3 Å². The van der Waals surface area contributed by atoms with E-state index in [0.29, 0.717) is 6.54 Å². The first-order chi connectivity index (χ1) is 12.6. The molecule has 2 aromatic rings. The molecule has 0 saturated carbocycles. The van der Waals surface area contributed by atoms with Crippen LogP contribution in [-0.2, 0) is 13.0 Å². The number of hydrogen-bond donors (Lipinski definition) is 1. The molecular weight excluding hydrogens is 473 g/mol. The number of ether oxygens (including phenoxy) is 2. The Morgan fingerprint density at radius 1 is 1.15 bits per heavy atom. The molecule has 1 aromatic carbocycles. The summed E-state index contributed by atoms with van der Waals surface area (Å²) in [5.74, 6) is 2.45. The quantitative estimate of drug-likeness (QED) is 0.331. The van der Waals surface area contributed by atoms with Gasteiger partial charge in [0.05, 0.1) is 20.8 Å². The summed E-state index contributed by atoms with van der Waals surface area (Å²) in [4.78, 5) is 9.54. The number of hydrogen-bond acceptors (Lipinski definition) is 4. The molecule has 0 bridgehead atoms. The van der Waals surface area contributed by atoms with Gasteiger partial charge in [-0.25, -0.2) is 4.99 Å². The highest BCUT2D eigenvalue weighted by Gasteiger charge is 2.09. The Bertz CT molecular complexity index is 734. The monoisotopic (exact) mass is 503 g/mol. The first-order valence-corrected chi connectivity index (χ1v) is 9.64. The smallest absolute Gasteiger partial charge is 0.194 e. The van der Waals surface area contributed by atoms with Crippen LogP contribution in [0, 0.1) is 6.92 Å². The van der Waals surface area contributed by atoms with Crippen molar-refractivity contribution in [2.75, 3.05) is 34.4 Å². The highest BCUT2D eigenvalue weighted by atomic mass is 127. The minimum Gasteiger partial charge on any atom is -0.493 e. The highest BCUT2D eigenvalue weighted by molar-refractivity contribution is 14.0. The van der Waals surface area contributed by atoms with Crippen molar-refractivity contribution in [1.29, 1.82) is 0 Å². The van der Waals surface area contributed by atoms with E-state index < -0.39 is 0 Å². The van der Waals surface area contributed by atoms with Crippen molar-refractivity contribution in [2.45, 2.75) is 26.8 Å². The minimum absolute atomic E-state index is 0. The van der Waals surface area contributed by atoms with Gasteiger partial charge in [-0.3, -0.25) is 0 Å². The molecule has 0 saturated heterocycles. The van der Waals surface area contributed by atoms with E-state index in [1.807, 2.05) is 12.1 Å². The number of aliphatic imine (C=N–C) groups is 1. The van der Waals surface area contributed by atoms with Gasteiger partial charge < -0.3 is 19.7 Å². The Morgan fingerprint density at radius 2 is 1.89 bits per heavy atom. The van der Waals surface area contributed by atoms with Gasteiger partial charge in [-0.15, -0.1) is 35.3 Å². The van der Waals surface area contributed by atoms with E-state index in [0.717, 1.165) is 37.0 Å². The van der Waals surface area contributed by atoms with Gasteiger partial charge in [-0.05, 0) is 50.1 Å². The zero-order valence-corrected chi connectivity index (χ0v) is 19.9. The number of likely N-dealkylation sites (N-methyl/N-ethyl adjacent to an activating group) is 1. The first kappa shape index (κ1) is 23.6. The van der Waals surface area contributed by atoms with Crippen LogP contribution < -0.4 is 14.8 Å². The highest BCUT2D eigenvalue weighted by Crippen LogP contribution is 2.27. The van der Waals surface area contributed by atoms with Crippen molar-refractivity contribution in [3.63, 3.8) is 0 Å². The average molecular weight is 503 g/mol. The molecule has 0 aliphatic carbocycles. The maximum Gasteiger partial charge on any atom is 0.194 e. The maximum atomic E-state index is 5.39. The number of rotatable bonds is 8. The molecule has 1 aromatic heterocycles. The lowest BCUT2D eigenvalue weighted by Crippen LogP contribution is -2.39. The van der Waals surface area contributed by atoms with Crippen molar-refractivity contribution in [3.05, 3.63) is 45.6 Å². The molecule has 0 aliphatic heterocycles. The van der Waals surface area contributed by atoms with Gasteiger partial charge in [0.25, 0.3) is 0 Å². The van der Waals surface area contributed by atoms with Crippen LogP contribution in [0.5, 0.6) is 11.5 Å². The van der Waals surface area contributed by atoms with Crippen molar-refractivity contribution in [2.24, 2.45) is 4.99 Å². The fraction of sp³-hybridized carbons (Fsp3) is 0.450. The Hall–Kier alpha value is -1.48. The van der Waals surface area contributed by atoms with Crippen LogP contribution in [0.1, 0.15) is 22.2 Å². The second-order valence-corrected chi connectivity index (χ2v) is 7.42. The van der Waals surface area contributed by atoms with Crippen LogP contribution in [0.25, 0.3) is 0 Å². The molecule has 0 radical (unpaired) electrons. The molecule has 0 spiro atoms. The van der Waals surface area contributed by atoms with Crippen LogP contribution in [0.3, 0.4) is 0 Å². The van der Waals surface area contributed by atoms with Crippen LogP contribution in [0.2, 0.25) is 0 Å². The summed E-state index contributed by atoms with van der Waals surface area (Å²) in [5.41, 5.74) is 1.21. The molecule has 1 heterocycles. The van der Waals surface area contributed by atoms with E-state index in [2.05, 4.69) is 49.3 Å². The number of aryl methyl sites for hydroxylation is 1. The summed E-state index contributed by atoms with van der Waals surface area (Å²) >= 11 is 1.80. The van der Waals surface area contributed by atoms with Gasteiger partial charge in [-0.1, -0.05) is 6.07 Å². The summed E-state index contributed by atoms with van der Waals surface area (Å²) in [6, 6.07) is 10.4. The maximum absolute atomic E-state index is 5.39. The summed E-state index contributed by atoms with van der Waals surface area (Å²) < 4.78 is 10.7. The van der Waals surface area contributed by atoms with Gasteiger partial charge >= 0.3 is 0 Å². The molecular formula is C20H30IN3O2S. The lowest BCUT2D eigenvalue weighted by atomic mass is 10.1. The Morgan fingerprint density at radius 3 is 2.48 bits per heavy atom. The van der Waals surface area contributed by atoms with Crippen LogP contribution in [-0.4, -0.2) is 45.2 Å². The van der Waals surface area contributed by atoms with Crippen molar-refractivity contribution in [3.8, 4) is 11.5 Å². The van der Waals surface area contributed by atoms with E-state index in [1.165, 1.54) is 15.3 Å². The molecule has 1 N–H and O–H groups in total. The molecule has 5 nitrogen and oxygen atoms in total. The van der Waals surface area contributed by atoms with E-state index in [-0.39, 0.29) is 24.0 Å². The molecule has 0 fully saturated rings. The SMILES string of the molecule is CCNC(=NCc1ccc(C)s1)N(C)CCc1ccc(OC)c(OC)c1.I. The lowest BCUT2D eigenvalue weighted by Gasteiger charge is -2.22. The van der Waals surface area contributed by atoms with Gasteiger partial charge in [0.2, 0.25) is 0 Å². The number of nitrogens with one attached hydrogen (secondary N) is 1. The third-order valence-corrected chi connectivity index (χ3v) is 5.05. The molecule has 27 heavy (non-hydrogen) atoms.